The quantitative estimate of drug-likeness (QED) is 0.698. The van der Waals surface area contributed by atoms with E-state index in [1.165, 1.54) is 22.4 Å². The SMILES string of the molecule is CCN(CC)CCOc1cc2c(cc1OC)CCNC2c1ccc(N(C)C)cc1. The molecular formula is C24H35N3O2. The molecule has 2 aromatic rings. The van der Waals surface area contributed by atoms with E-state index in [-0.39, 0.29) is 6.04 Å². The number of likely N-dealkylation sites (N-methyl/N-ethyl adjacent to an activating group) is 1. The molecule has 0 aromatic heterocycles. The Labute approximate surface area is 175 Å². The van der Waals surface area contributed by atoms with Gasteiger partial charge >= 0.3 is 0 Å². The van der Waals surface area contributed by atoms with Gasteiger partial charge in [-0.2, -0.15) is 0 Å². The highest BCUT2D eigenvalue weighted by atomic mass is 16.5. The number of rotatable bonds is 9. The molecule has 3 rings (SSSR count). The topological polar surface area (TPSA) is 37.0 Å². The highest BCUT2D eigenvalue weighted by Gasteiger charge is 2.24. The van der Waals surface area contributed by atoms with Crippen LogP contribution in [0.2, 0.25) is 0 Å². The number of ether oxygens (including phenoxy) is 2. The van der Waals surface area contributed by atoms with Gasteiger partial charge in [0.2, 0.25) is 0 Å². The van der Waals surface area contributed by atoms with Crippen molar-refractivity contribution in [2.75, 3.05) is 58.9 Å². The molecule has 0 radical (unpaired) electrons. The van der Waals surface area contributed by atoms with E-state index in [0.29, 0.717) is 6.61 Å². The lowest BCUT2D eigenvalue weighted by Gasteiger charge is -2.29. The van der Waals surface area contributed by atoms with E-state index in [1.807, 2.05) is 0 Å². The minimum absolute atomic E-state index is 0.172. The number of nitrogens with one attached hydrogen (secondary N) is 1. The molecule has 0 saturated carbocycles. The first-order chi connectivity index (χ1) is 14.1. The Balaban J connectivity index is 1.85. The number of anilines is 1. The van der Waals surface area contributed by atoms with Crippen LogP contribution < -0.4 is 19.7 Å². The first-order valence-corrected chi connectivity index (χ1v) is 10.6. The van der Waals surface area contributed by atoms with Crippen LogP contribution in [0.3, 0.4) is 0 Å². The Bertz CT molecular complexity index is 785. The fourth-order valence-corrected chi connectivity index (χ4v) is 3.92. The van der Waals surface area contributed by atoms with Crippen molar-refractivity contribution in [2.45, 2.75) is 26.3 Å². The van der Waals surface area contributed by atoms with Crippen molar-refractivity contribution >= 4 is 5.69 Å². The largest absolute Gasteiger partial charge is 0.493 e. The van der Waals surface area contributed by atoms with E-state index in [1.54, 1.807) is 7.11 Å². The third-order valence-corrected chi connectivity index (χ3v) is 5.78. The standard InChI is InChI=1S/C24H35N3O2/c1-6-27(7-2)14-15-29-23-17-21-19(16-22(23)28-5)12-13-25-24(21)18-8-10-20(11-9-18)26(3)4/h8-11,16-17,24-25H,6-7,12-15H2,1-5H3. The Morgan fingerprint density at radius 2 is 1.76 bits per heavy atom. The molecule has 0 amide bonds. The van der Waals surface area contributed by atoms with E-state index in [4.69, 9.17) is 9.47 Å². The number of benzene rings is 2. The number of methoxy groups -OCH3 is 1. The fourth-order valence-electron chi connectivity index (χ4n) is 3.92. The second kappa shape index (κ2) is 9.99. The van der Waals surface area contributed by atoms with Gasteiger partial charge < -0.3 is 24.6 Å². The van der Waals surface area contributed by atoms with Gasteiger partial charge in [0.15, 0.2) is 11.5 Å². The third-order valence-electron chi connectivity index (χ3n) is 5.78. The maximum absolute atomic E-state index is 6.16. The predicted molar refractivity (Wildman–Crippen MR) is 121 cm³/mol. The summed E-state index contributed by atoms with van der Waals surface area (Å²) >= 11 is 0. The summed E-state index contributed by atoms with van der Waals surface area (Å²) in [7, 11) is 5.85. The molecule has 1 heterocycles. The van der Waals surface area contributed by atoms with E-state index in [0.717, 1.165) is 44.1 Å². The first-order valence-electron chi connectivity index (χ1n) is 10.6. The summed E-state index contributed by atoms with van der Waals surface area (Å²) in [5.41, 5.74) is 5.10. The molecule has 0 aliphatic carbocycles. The van der Waals surface area contributed by atoms with Crippen LogP contribution in [-0.2, 0) is 6.42 Å². The van der Waals surface area contributed by atoms with Crippen molar-refractivity contribution in [1.29, 1.82) is 0 Å². The zero-order chi connectivity index (χ0) is 20.8. The highest BCUT2D eigenvalue weighted by Crippen LogP contribution is 2.37. The second-order valence-electron chi connectivity index (χ2n) is 7.70. The molecule has 5 heteroatoms. The van der Waals surface area contributed by atoms with Crippen molar-refractivity contribution < 1.29 is 9.47 Å². The summed E-state index contributed by atoms with van der Waals surface area (Å²) in [6.07, 6.45) is 0.998. The van der Waals surface area contributed by atoms with Crippen molar-refractivity contribution in [1.82, 2.24) is 10.2 Å². The zero-order valence-corrected chi connectivity index (χ0v) is 18.5. The van der Waals surface area contributed by atoms with E-state index in [2.05, 4.69) is 79.5 Å². The lowest BCUT2D eigenvalue weighted by molar-refractivity contribution is 0.217. The van der Waals surface area contributed by atoms with Gasteiger partial charge in [0.25, 0.3) is 0 Å². The predicted octanol–water partition coefficient (Wildman–Crippen LogP) is 3.72. The maximum atomic E-state index is 6.16. The highest BCUT2D eigenvalue weighted by molar-refractivity contribution is 5.53. The summed E-state index contributed by atoms with van der Waals surface area (Å²) in [5, 5.41) is 3.68. The normalized spacial score (nSPS) is 15.9. The molecule has 29 heavy (non-hydrogen) atoms. The molecule has 1 N–H and O–H groups in total. The van der Waals surface area contributed by atoms with Crippen molar-refractivity contribution in [3.05, 3.63) is 53.1 Å². The molecule has 1 aliphatic rings. The summed E-state index contributed by atoms with van der Waals surface area (Å²) in [6, 6.07) is 13.3. The molecule has 1 atom stereocenters. The van der Waals surface area contributed by atoms with Gasteiger partial charge in [-0.3, -0.25) is 0 Å². The van der Waals surface area contributed by atoms with Crippen LogP contribution >= 0.6 is 0 Å². The van der Waals surface area contributed by atoms with Crippen molar-refractivity contribution in [3.63, 3.8) is 0 Å². The third kappa shape index (κ3) is 5.03. The molecule has 0 spiro atoms. The fraction of sp³-hybridized carbons (Fsp3) is 0.500. The van der Waals surface area contributed by atoms with Gasteiger partial charge in [0.1, 0.15) is 6.61 Å². The Hall–Kier alpha value is -2.24. The minimum atomic E-state index is 0.172. The van der Waals surface area contributed by atoms with Gasteiger partial charge in [0, 0.05) is 32.9 Å². The molecular weight excluding hydrogens is 362 g/mol. The number of fused-ring (bicyclic) bond motifs is 1. The lowest BCUT2D eigenvalue weighted by Crippen LogP contribution is -2.31. The lowest BCUT2D eigenvalue weighted by atomic mass is 9.89. The van der Waals surface area contributed by atoms with Crippen molar-refractivity contribution in [2.24, 2.45) is 0 Å². The average molecular weight is 398 g/mol. The Kier molecular flexibility index (Phi) is 7.40. The summed E-state index contributed by atoms with van der Waals surface area (Å²) in [4.78, 5) is 4.49. The van der Waals surface area contributed by atoms with Crippen LogP contribution in [0, 0.1) is 0 Å². The van der Waals surface area contributed by atoms with Gasteiger partial charge in [-0.1, -0.05) is 26.0 Å². The molecule has 158 valence electrons. The molecule has 2 aromatic carbocycles. The van der Waals surface area contributed by atoms with Crippen LogP contribution in [0.1, 0.15) is 36.6 Å². The molecule has 5 nitrogen and oxygen atoms in total. The number of hydrogen-bond acceptors (Lipinski definition) is 5. The van der Waals surface area contributed by atoms with Crippen LogP contribution in [-0.4, -0.2) is 58.9 Å². The van der Waals surface area contributed by atoms with Gasteiger partial charge in [-0.15, -0.1) is 0 Å². The Morgan fingerprint density at radius 1 is 1.03 bits per heavy atom. The van der Waals surface area contributed by atoms with Gasteiger partial charge in [-0.05, 0) is 60.5 Å². The van der Waals surface area contributed by atoms with E-state index >= 15 is 0 Å². The molecule has 1 unspecified atom stereocenters. The van der Waals surface area contributed by atoms with Crippen LogP contribution in [0.4, 0.5) is 5.69 Å². The summed E-state index contributed by atoms with van der Waals surface area (Å²) < 4.78 is 11.8. The van der Waals surface area contributed by atoms with Crippen LogP contribution in [0.15, 0.2) is 36.4 Å². The minimum Gasteiger partial charge on any atom is -0.493 e. The molecule has 1 aliphatic heterocycles. The maximum Gasteiger partial charge on any atom is 0.161 e. The van der Waals surface area contributed by atoms with Crippen molar-refractivity contribution in [3.8, 4) is 11.5 Å². The summed E-state index contributed by atoms with van der Waals surface area (Å²) in [6.45, 7) is 8.97. The average Bonchev–Trinajstić information content (AvgIpc) is 2.75. The first kappa shape index (κ1) is 21.5. The molecule has 0 bridgehead atoms. The number of hydrogen-bond donors (Lipinski definition) is 1. The zero-order valence-electron chi connectivity index (χ0n) is 18.5. The van der Waals surface area contributed by atoms with E-state index < -0.39 is 0 Å². The second-order valence-corrected chi connectivity index (χ2v) is 7.70. The smallest absolute Gasteiger partial charge is 0.161 e. The Morgan fingerprint density at radius 3 is 2.38 bits per heavy atom. The van der Waals surface area contributed by atoms with Gasteiger partial charge in [-0.25, -0.2) is 0 Å². The molecule has 0 saturated heterocycles. The number of nitrogens with zero attached hydrogens (tertiary/aromatic N) is 2. The van der Waals surface area contributed by atoms with Gasteiger partial charge in [0.05, 0.1) is 13.2 Å². The van der Waals surface area contributed by atoms with Crippen LogP contribution in [0.5, 0.6) is 11.5 Å². The monoisotopic (exact) mass is 397 g/mol. The molecule has 0 fully saturated rings. The van der Waals surface area contributed by atoms with Crippen LogP contribution in [0.25, 0.3) is 0 Å². The summed E-state index contributed by atoms with van der Waals surface area (Å²) in [5.74, 6) is 1.66. The van der Waals surface area contributed by atoms with E-state index in [9.17, 15) is 0 Å².